The molecule has 1 aliphatic rings. The highest BCUT2D eigenvalue weighted by Gasteiger charge is 2.23. The summed E-state index contributed by atoms with van der Waals surface area (Å²) in [5.74, 6) is -0.129. The Labute approximate surface area is 123 Å². The molecule has 1 aliphatic carbocycles. The third-order valence-corrected chi connectivity index (χ3v) is 3.84. The van der Waals surface area contributed by atoms with E-state index in [9.17, 15) is 4.79 Å². The molecule has 0 atom stereocenters. The van der Waals surface area contributed by atoms with Crippen molar-refractivity contribution >= 4 is 5.91 Å². The van der Waals surface area contributed by atoms with E-state index in [1.807, 2.05) is 18.7 Å². The number of aryl methyl sites for hydroxylation is 2. The molecule has 0 radical (unpaired) electrons. The first kappa shape index (κ1) is 13.7. The van der Waals surface area contributed by atoms with Crippen LogP contribution in [0.1, 0.15) is 46.0 Å². The lowest BCUT2D eigenvalue weighted by molar-refractivity contribution is 0.0943. The van der Waals surface area contributed by atoms with Crippen LogP contribution in [0.3, 0.4) is 0 Å². The highest BCUT2D eigenvalue weighted by atomic mass is 16.1. The van der Waals surface area contributed by atoms with Crippen molar-refractivity contribution in [1.29, 1.82) is 0 Å². The summed E-state index contributed by atoms with van der Waals surface area (Å²) in [5, 5.41) is 7.27. The number of nitrogens with zero attached hydrogens (tertiary/aromatic N) is 4. The molecule has 110 valence electrons. The van der Waals surface area contributed by atoms with E-state index >= 15 is 0 Å². The van der Waals surface area contributed by atoms with Crippen molar-refractivity contribution in [1.82, 2.24) is 25.1 Å². The molecule has 1 N–H and O–H groups in total. The van der Waals surface area contributed by atoms with Crippen molar-refractivity contribution in [2.45, 2.75) is 39.2 Å². The van der Waals surface area contributed by atoms with Gasteiger partial charge in [0.15, 0.2) is 5.69 Å². The zero-order chi connectivity index (χ0) is 14.8. The quantitative estimate of drug-likeness (QED) is 0.923. The molecule has 0 fully saturated rings. The van der Waals surface area contributed by atoms with Crippen molar-refractivity contribution in [3.05, 3.63) is 40.7 Å². The van der Waals surface area contributed by atoms with Crippen molar-refractivity contribution in [2.75, 3.05) is 0 Å². The minimum absolute atomic E-state index is 0.129. The number of fused-ring (bicyclic) bond motifs is 1. The molecule has 0 bridgehead atoms. The summed E-state index contributed by atoms with van der Waals surface area (Å²) in [5.41, 5.74) is 4.48. The minimum Gasteiger partial charge on any atom is -0.345 e. The molecule has 0 spiro atoms. The van der Waals surface area contributed by atoms with E-state index in [0.717, 1.165) is 36.2 Å². The number of nitrogens with one attached hydrogen (secondary N) is 1. The maximum atomic E-state index is 12.3. The molecule has 0 aromatic carbocycles. The fourth-order valence-corrected chi connectivity index (χ4v) is 2.72. The summed E-state index contributed by atoms with van der Waals surface area (Å²) in [6.45, 7) is 2.26. The summed E-state index contributed by atoms with van der Waals surface area (Å²) in [7, 11) is 1.91. The van der Waals surface area contributed by atoms with Crippen LogP contribution in [0.2, 0.25) is 0 Å². The van der Waals surface area contributed by atoms with Crippen LogP contribution in [0, 0.1) is 6.92 Å². The molecule has 2 aromatic heterocycles. The van der Waals surface area contributed by atoms with Gasteiger partial charge in [-0.2, -0.15) is 5.10 Å². The Morgan fingerprint density at radius 3 is 2.86 bits per heavy atom. The molecular formula is C15H19N5O. The molecule has 0 saturated carbocycles. The Morgan fingerprint density at radius 2 is 2.10 bits per heavy atom. The number of hydrogen-bond donors (Lipinski definition) is 1. The van der Waals surface area contributed by atoms with Gasteiger partial charge in [0.1, 0.15) is 0 Å². The second-order valence-corrected chi connectivity index (χ2v) is 5.44. The van der Waals surface area contributed by atoms with Gasteiger partial charge in [-0.05, 0) is 32.6 Å². The predicted octanol–water partition coefficient (Wildman–Crippen LogP) is 1.33. The number of carbonyl (C=O) groups is 1. The highest BCUT2D eigenvalue weighted by molar-refractivity contribution is 5.94. The zero-order valence-corrected chi connectivity index (χ0v) is 12.4. The molecule has 21 heavy (non-hydrogen) atoms. The standard InChI is InChI=1S/C15H19N5O/c1-10-7-17-11(8-16-10)9-18-15(21)14-12-5-3-4-6-13(12)20(2)19-14/h7-8H,3-6,9H2,1-2H3,(H,18,21). The van der Waals surface area contributed by atoms with Gasteiger partial charge in [0.05, 0.1) is 24.1 Å². The van der Waals surface area contributed by atoms with Crippen LogP contribution in [0.5, 0.6) is 0 Å². The van der Waals surface area contributed by atoms with Crippen molar-refractivity contribution in [2.24, 2.45) is 7.05 Å². The van der Waals surface area contributed by atoms with E-state index in [2.05, 4.69) is 20.4 Å². The fraction of sp³-hybridized carbons (Fsp3) is 0.467. The molecule has 6 heteroatoms. The lowest BCUT2D eigenvalue weighted by atomic mass is 9.95. The van der Waals surface area contributed by atoms with Gasteiger partial charge in [-0.3, -0.25) is 19.4 Å². The molecule has 2 heterocycles. The van der Waals surface area contributed by atoms with E-state index in [-0.39, 0.29) is 5.91 Å². The van der Waals surface area contributed by atoms with Gasteiger partial charge in [-0.1, -0.05) is 0 Å². The summed E-state index contributed by atoms with van der Waals surface area (Å²) < 4.78 is 1.84. The smallest absolute Gasteiger partial charge is 0.272 e. The second kappa shape index (κ2) is 5.63. The molecule has 2 aromatic rings. The SMILES string of the molecule is Cc1cnc(CNC(=O)c2nn(C)c3c2CCCC3)cn1. The number of rotatable bonds is 3. The van der Waals surface area contributed by atoms with Crippen molar-refractivity contribution < 1.29 is 4.79 Å². The molecule has 0 saturated heterocycles. The lowest BCUT2D eigenvalue weighted by Gasteiger charge is -2.12. The zero-order valence-electron chi connectivity index (χ0n) is 12.4. The Morgan fingerprint density at radius 1 is 1.29 bits per heavy atom. The number of carbonyl (C=O) groups excluding carboxylic acids is 1. The normalized spacial score (nSPS) is 13.8. The third kappa shape index (κ3) is 2.79. The average molecular weight is 285 g/mol. The molecule has 1 amide bonds. The van der Waals surface area contributed by atoms with Gasteiger partial charge in [-0.25, -0.2) is 0 Å². The molecule has 3 rings (SSSR count). The predicted molar refractivity (Wildman–Crippen MR) is 77.8 cm³/mol. The molecule has 0 aliphatic heterocycles. The van der Waals surface area contributed by atoms with Crippen LogP contribution >= 0.6 is 0 Å². The summed E-state index contributed by atoms with van der Waals surface area (Å²) in [4.78, 5) is 20.7. The Bertz CT molecular complexity index is 659. The Hall–Kier alpha value is -2.24. The van der Waals surface area contributed by atoms with E-state index in [0.29, 0.717) is 12.2 Å². The van der Waals surface area contributed by atoms with E-state index in [1.165, 1.54) is 12.1 Å². The van der Waals surface area contributed by atoms with E-state index in [1.54, 1.807) is 12.4 Å². The molecular weight excluding hydrogens is 266 g/mol. The number of amides is 1. The van der Waals surface area contributed by atoms with Crippen molar-refractivity contribution in [3.63, 3.8) is 0 Å². The first-order valence-electron chi connectivity index (χ1n) is 7.25. The molecule has 0 unspecified atom stereocenters. The van der Waals surface area contributed by atoms with Gasteiger partial charge in [-0.15, -0.1) is 0 Å². The van der Waals surface area contributed by atoms with Crippen LogP contribution in [0.15, 0.2) is 12.4 Å². The third-order valence-electron chi connectivity index (χ3n) is 3.84. The maximum absolute atomic E-state index is 12.3. The fourth-order valence-electron chi connectivity index (χ4n) is 2.72. The van der Waals surface area contributed by atoms with Crippen LogP contribution in [-0.2, 0) is 26.4 Å². The lowest BCUT2D eigenvalue weighted by Crippen LogP contribution is -2.25. The van der Waals surface area contributed by atoms with E-state index < -0.39 is 0 Å². The van der Waals surface area contributed by atoms with Gasteiger partial charge in [0.25, 0.3) is 5.91 Å². The first-order valence-corrected chi connectivity index (χ1v) is 7.25. The van der Waals surface area contributed by atoms with Crippen LogP contribution in [0.4, 0.5) is 0 Å². The van der Waals surface area contributed by atoms with Crippen molar-refractivity contribution in [3.8, 4) is 0 Å². The first-order chi connectivity index (χ1) is 10.1. The number of hydrogen-bond acceptors (Lipinski definition) is 4. The van der Waals surface area contributed by atoms with E-state index in [4.69, 9.17) is 0 Å². The largest absolute Gasteiger partial charge is 0.345 e. The van der Waals surface area contributed by atoms with Gasteiger partial charge in [0.2, 0.25) is 0 Å². The Kier molecular flexibility index (Phi) is 3.68. The van der Waals surface area contributed by atoms with Crippen LogP contribution in [0.25, 0.3) is 0 Å². The van der Waals surface area contributed by atoms with Gasteiger partial charge >= 0.3 is 0 Å². The number of aromatic nitrogens is 4. The Balaban J connectivity index is 1.72. The van der Waals surface area contributed by atoms with Gasteiger partial charge in [0, 0.05) is 24.5 Å². The van der Waals surface area contributed by atoms with Gasteiger partial charge < -0.3 is 5.32 Å². The summed E-state index contributed by atoms with van der Waals surface area (Å²) in [6, 6.07) is 0. The second-order valence-electron chi connectivity index (χ2n) is 5.44. The maximum Gasteiger partial charge on any atom is 0.272 e. The minimum atomic E-state index is -0.129. The monoisotopic (exact) mass is 285 g/mol. The van der Waals surface area contributed by atoms with Crippen LogP contribution < -0.4 is 5.32 Å². The van der Waals surface area contributed by atoms with Crippen LogP contribution in [-0.4, -0.2) is 25.7 Å². The molecule has 6 nitrogen and oxygen atoms in total. The summed E-state index contributed by atoms with van der Waals surface area (Å²) in [6.07, 6.45) is 7.63. The average Bonchev–Trinajstić information content (AvgIpc) is 2.84. The topological polar surface area (TPSA) is 72.7 Å². The highest BCUT2D eigenvalue weighted by Crippen LogP contribution is 2.23. The summed E-state index contributed by atoms with van der Waals surface area (Å²) >= 11 is 0.